The van der Waals surface area contributed by atoms with Crippen molar-refractivity contribution in [1.29, 1.82) is 0 Å². The minimum absolute atomic E-state index is 0.260. The Kier molecular flexibility index (Phi) is 3.44. The molecule has 0 aliphatic carbocycles. The normalized spacial score (nSPS) is 12.5. The number of aryl methyl sites for hydroxylation is 1. The number of hydrogen-bond donors (Lipinski definition) is 2. The highest BCUT2D eigenvalue weighted by Gasteiger charge is 2.10. The van der Waals surface area contributed by atoms with Crippen molar-refractivity contribution in [3.05, 3.63) is 34.1 Å². The first-order valence-electron chi connectivity index (χ1n) is 5.18. The standard InChI is InChI=1S/C11H13BrN4O/c1-6-5-8(12)3-4-9(6)14-11-16-15-10(17-11)7(2)13/h3-5,7H,13H2,1-2H3,(H,14,16). The largest absolute Gasteiger partial charge is 0.406 e. The summed E-state index contributed by atoms with van der Waals surface area (Å²) in [5.41, 5.74) is 7.65. The van der Waals surface area contributed by atoms with Crippen LogP contribution in [-0.4, -0.2) is 10.2 Å². The van der Waals surface area contributed by atoms with Gasteiger partial charge in [-0.15, -0.1) is 5.10 Å². The smallest absolute Gasteiger partial charge is 0.320 e. The van der Waals surface area contributed by atoms with E-state index in [9.17, 15) is 0 Å². The zero-order valence-corrected chi connectivity index (χ0v) is 11.2. The second-order valence-electron chi connectivity index (χ2n) is 3.82. The highest BCUT2D eigenvalue weighted by molar-refractivity contribution is 9.10. The molecule has 0 aliphatic heterocycles. The number of aromatic nitrogens is 2. The van der Waals surface area contributed by atoms with Gasteiger partial charge < -0.3 is 15.5 Å². The van der Waals surface area contributed by atoms with E-state index in [1.54, 1.807) is 6.92 Å². The Balaban J connectivity index is 2.19. The van der Waals surface area contributed by atoms with Crippen LogP contribution in [0.15, 0.2) is 27.1 Å². The summed E-state index contributed by atoms with van der Waals surface area (Å²) in [5, 5.41) is 10.8. The van der Waals surface area contributed by atoms with Crippen LogP contribution in [-0.2, 0) is 0 Å². The van der Waals surface area contributed by atoms with Crippen molar-refractivity contribution in [2.75, 3.05) is 5.32 Å². The fourth-order valence-corrected chi connectivity index (χ4v) is 1.83. The summed E-state index contributed by atoms with van der Waals surface area (Å²) >= 11 is 3.41. The van der Waals surface area contributed by atoms with E-state index in [1.807, 2.05) is 25.1 Å². The lowest BCUT2D eigenvalue weighted by Gasteiger charge is -2.05. The minimum Gasteiger partial charge on any atom is -0.406 e. The van der Waals surface area contributed by atoms with Crippen LogP contribution in [0.4, 0.5) is 11.7 Å². The van der Waals surface area contributed by atoms with Gasteiger partial charge in [0, 0.05) is 10.2 Å². The molecule has 2 aromatic rings. The van der Waals surface area contributed by atoms with Crippen molar-refractivity contribution < 1.29 is 4.42 Å². The average Bonchev–Trinajstić information content (AvgIpc) is 2.71. The molecule has 0 spiro atoms. The summed E-state index contributed by atoms with van der Waals surface area (Å²) < 4.78 is 6.39. The van der Waals surface area contributed by atoms with Gasteiger partial charge in [-0.2, -0.15) is 0 Å². The monoisotopic (exact) mass is 296 g/mol. The van der Waals surface area contributed by atoms with Crippen LogP contribution in [0, 0.1) is 6.92 Å². The number of nitrogens with one attached hydrogen (secondary N) is 1. The molecule has 1 heterocycles. The van der Waals surface area contributed by atoms with Gasteiger partial charge >= 0.3 is 6.01 Å². The molecular formula is C11H13BrN4O. The van der Waals surface area contributed by atoms with Gasteiger partial charge in [-0.1, -0.05) is 21.0 Å². The van der Waals surface area contributed by atoms with Crippen LogP contribution in [0.25, 0.3) is 0 Å². The lowest BCUT2D eigenvalue weighted by Crippen LogP contribution is -2.04. The zero-order chi connectivity index (χ0) is 12.4. The van der Waals surface area contributed by atoms with Crippen molar-refractivity contribution in [3.8, 4) is 0 Å². The van der Waals surface area contributed by atoms with Crippen LogP contribution < -0.4 is 11.1 Å². The van der Waals surface area contributed by atoms with Gasteiger partial charge in [-0.25, -0.2) is 0 Å². The number of hydrogen-bond acceptors (Lipinski definition) is 5. The third-order valence-corrected chi connectivity index (χ3v) is 2.75. The third-order valence-electron chi connectivity index (χ3n) is 2.26. The lowest BCUT2D eigenvalue weighted by atomic mass is 10.2. The molecule has 2 rings (SSSR count). The minimum atomic E-state index is -0.260. The topological polar surface area (TPSA) is 77.0 Å². The molecule has 1 aromatic carbocycles. The Hall–Kier alpha value is -1.40. The summed E-state index contributed by atoms with van der Waals surface area (Å²) in [6, 6.07) is 5.98. The molecule has 5 nitrogen and oxygen atoms in total. The maximum Gasteiger partial charge on any atom is 0.320 e. The first-order valence-corrected chi connectivity index (χ1v) is 5.97. The first-order chi connectivity index (χ1) is 8.06. The zero-order valence-electron chi connectivity index (χ0n) is 9.57. The molecule has 3 N–H and O–H groups in total. The molecule has 0 saturated carbocycles. The van der Waals surface area contributed by atoms with Crippen molar-refractivity contribution >= 4 is 27.6 Å². The van der Waals surface area contributed by atoms with Crippen molar-refractivity contribution in [3.63, 3.8) is 0 Å². The molecule has 0 aliphatic rings. The molecule has 0 bridgehead atoms. The van der Waals surface area contributed by atoms with E-state index in [2.05, 4.69) is 31.4 Å². The molecular weight excluding hydrogens is 284 g/mol. The molecule has 0 fully saturated rings. The molecule has 90 valence electrons. The maximum absolute atomic E-state index is 5.64. The van der Waals surface area contributed by atoms with E-state index in [-0.39, 0.29) is 6.04 Å². The predicted octanol–water partition coefficient (Wildman–Crippen LogP) is 2.90. The average molecular weight is 297 g/mol. The van der Waals surface area contributed by atoms with Gasteiger partial charge in [0.1, 0.15) is 0 Å². The van der Waals surface area contributed by atoms with Crippen LogP contribution in [0.2, 0.25) is 0 Å². The van der Waals surface area contributed by atoms with E-state index in [4.69, 9.17) is 10.2 Å². The Labute approximate surface area is 108 Å². The Morgan fingerprint density at radius 2 is 2.18 bits per heavy atom. The van der Waals surface area contributed by atoms with Gasteiger partial charge in [0.15, 0.2) is 0 Å². The van der Waals surface area contributed by atoms with E-state index < -0.39 is 0 Å². The fourth-order valence-electron chi connectivity index (χ4n) is 1.35. The Morgan fingerprint density at radius 1 is 1.41 bits per heavy atom. The van der Waals surface area contributed by atoms with Crippen molar-refractivity contribution in [2.24, 2.45) is 5.73 Å². The number of anilines is 2. The Morgan fingerprint density at radius 3 is 2.76 bits per heavy atom. The summed E-state index contributed by atoms with van der Waals surface area (Å²) in [6.45, 7) is 3.79. The molecule has 1 unspecified atom stereocenters. The second kappa shape index (κ2) is 4.85. The predicted molar refractivity (Wildman–Crippen MR) is 69.1 cm³/mol. The SMILES string of the molecule is Cc1cc(Br)ccc1Nc1nnc(C(C)N)o1. The van der Waals surface area contributed by atoms with Crippen molar-refractivity contribution in [2.45, 2.75) is 19.9 Å². The van der Waals surface area contributed by atoms with Gasteiger partial charge in [-0.3, -0.25) is 0 Å². The molecule has 0 amide bonds. The highest BCUT2D eigenvalue weighted by atomic mass is 79.9. The summed E-state index contributed by atoms with van der Waals surface area (Å²) in [4.78, 5) is 0. The quantitative estimate of drug-likeness (QED) is 0.911. The summed E-state index contributed by atoms with van der Waals surface area (Å²) in [5.74, 6) is 0.419. The third kappa shape index (κ3) is 2.83. The van der Waals surface area contributed by atoms with Crippen LogP contribution >= 0.6 is 15.9 Å². The van der Waals surface area contributed by atoms with Gasteiger partial charge in [0.25, 0.3) is 0 Å². The number of nitrogens with two attached hydrogens (primary N) is 1. The van der Waals surface area contributed by atoms with Gasteiger partial charge in [-0.05, 0) is 37.6 Å². The number of halogens is 1. The molecule has 17 heavy (non-hydrogen) atoms. The molecule has 0 radical (unpaired) electrons. The molecule has 1 atom stereocenters. The van der Waals surface area contributed by atoms with Crippen molar-refractivity contribution in [1.82, 2.24) is 10.2 Å². The molecule has 6 heteroatoms. The molecule has 1 aromatic heterocycles. The number of rotatable bonds is 3. The van der Waals surface area contributed by atoms with E-state index >= 15 is 0 Å². The first kappa shape index (κ1) is 12.1. The van der Waals surface area contributed by atoms with Gasteiger partial charge in [0.05, 0.1) is 6.04 Å². The van der Waals surface area contributed by atoms with Crippen LogP contribution in [0.3, 0.4) is 0 Å². The van der Waals surface area contributed by atoms with E-state index in [1.165, 1.54) is 0 Å². The second-order valence-corrected chi connectivity index (χ2v) is 4.73. The number of nitrogens with zero attached hydrogens (tertiary/aromatic N) is 2. The summed E-state index contributed by atoms with van der Waals surface area (Å²) in [7, 11) is 0. The lowest BCUT2D eigenvalue weighted by molar-refractivity contribution is 0.475. The van der Waals surface area contributed by atoms with Crippen LogP contribution in [0.5, 0.6) is 0 Å². The molecule has 0 saturated heterocycles. The highest BCUT2D eigenvalue weighted by Crippen LogP contribution is 2.23. The fraction of sp³-hybridized carbons (Fsp3) is 0.273. The van der Waals surface area contributed by atoms with E-state index in [0.29, 0.717) is 11.9 Å². The van der Waals surface area contributed by atoms with Crippen LogP contribution in [0.1, 0.15) is 24.4 Å². The van der Waals surface area contributed by atoms with Gasteiger partial charge in [0.2, 0.25) is 5.89 Å². The Bertz CT molecular complexity index is 524. The summed E-state index contributed by atoms with van der Waals surface area (Å²) in [6.07, 6.45) is 0. The van der Waals surface area contributed by atoms with E-state index in [0.717, 1.165) is 15.7 Å². The number of benzene rings is 1. The maximum atomic E-state index is 5.64.